The largest absolute Gasteiger partial charge is 0.277 e. The number of hydrogen-bond donors (Lipinski definition) is 1. The van der Waals surface area contributed by atoms with Crippen LogP contribution in [0.5, 0.6) is 0 Å². The van der Waals surface area contributed by atoms with Crippen molar-refractivity contribution in [3.8, 4) is 0 Å². The Morgan fingerprint density at radius 3 is 2.94 bits per heavy atom. The van der Waals surface area contributed by atoms with Gasteiger partial charge in [-0.3, -0.25) is 5.10 Å². The van der Waals surface area contributed by atoms with Crippen LogP contribution in [0.15, 0.2) is 54.4 Å². The van der Waals surface area contributed by atoms with Crippen molar-refractivity contribution in [2.75, 3.05) is 0 Å². The summed E-state index contributed by atoms with van der Waals surface area (Å²) in [7, 11) is 0. The molecule has 1 N–H and O–H groups in total. The minimum absolute atomic E-state index is 0.198. The van der Waals surface area contributed by atoms with Crippen LogP contribution >= 0.6 is 0 Å². The van der Waals surface area contributed by atoms with Crippen LogP contribution in [0, 0.1) is 0 Å². The molecule has 1 aliphatic rings. The molecule has 1 heterocycles. The summed E-state index contributed by atoms with van der Waals surface area (Å²) in [6.45, 7) is 0. The molecule has 0 spiro atoms. The van der Waals surface area contributed by atoms with Gasteiger partial charge in [0.15, 0.2) is 0 Å². The molecular formula is C14H11FN2. The second kappa shape index (κ2) is 4.01. The van der Waals surface area contributed by atoms with Crippen molar-refractivity contribution in [3.63, 3.8) is 0 Å². The monoisotopic (exact) mass is 226 g/mol. The fraction of sp³-hybridized carbons (Fsp3) is 0.0714. The lowest BCUT2D eigenvalue weighted by Crippen LogP contribution is -1.82. The Morgan fingerprint density at radius 2 is 2.00 bits per heavy atom. The predicted octanol–water partition coefficient (Wildman–Crippen LogP) is 3.76. The molecule has 0 unspecified atom stereocenters. The van der Waals surface area contributed by atoms with Crippen LogP contribution < -0.4 is 0 Å². The van der Waals surface area contributed by atoms with Crippen LogP contribution in [0.1, 0.15) is 12.1 Å². The summed E-state index contributed by atoms with van der Waals surface area (Å²) in [5, 5.41) is 8.34. The van der Waals surface area contributed by atoms with E-state index in [1.807, 2.05) is 30.3 Å². The van der Waals surface area contributed by atoms with E-state index in [9.17, 15) is 4.39 Å². The van der Waals surface area contributed by atoms with Crippen LogP contribution in [-0.4, -0.2) is 10.2 Å². The number of H-pyrrole nitrogens is 1. The molecule has 0 bridgehead atoms. The average molecular weight is 226 g/mol. The molecule has 17 heavy (non-hydrogen) atoms. The van der Waals surface area contributed by atoms with Crippen molar-refractivity contribution in [2.24, 2.45) is 0 Å². The molecule has 0 aliphatic heterocycles. The number of allylic oxidation sites excluding steroid dienone is 6. The molecule has 0 amide bonds. The number of halogens is 1. The summed E-state index contributed by atoms with van der Waals surface area (Å²) < 4.78 is 13.1. The molecule has 2 nitrogen and oxygen atoms in total. The fourth-order valence-electron chi connectivity index (χ4n) is 1.96. The Morgan fingerprint density at radius 1 is 1.12 bits per heavy atom. The van der Waals surface area contributed by atoms with Crippen LogP contribution in [0.2, 0.25) is 0 Å². The quantitative estimate of drug-likeness (QED) is 0.788. The number of benzene rings is 1. The van der Waals surface area contributed by atoms with Gasteiger partial charge in [0.25, 0.3) is 0 Å². The standard InChI is InChI=1S/C14H11FN2/c15-11-5-3-4-10(8-9-11)14-12-6-1-2-7-13(12)16-17-14/h1-2,4-9H,3H2,(H,16,17). The first kappa shape index (κ1) is 10.0. The zero-order chi connectivity index (χ0) is 11.7. The Labute approximate surface area is 98.2 Å². The van der Waals surface area contributed by atoms with Gasteiger partial charge >= 0.3 is 0 Å². The minimum Gasteiger partial charge on any atom is -0.277 e. The highest BCUT2D eigenvalue weighted by molar-refractivity contribution is 5.92. The smallest absolute Gasteiger partial charge is 0.119 e. The van der Waals surface area contributed by atoms with Crippen LogP contribution in [-0.2, 0) is 0 Å². The summed E-state index contributed by atoms with van der Waals surface area (Å²) in [6, 6.07) is 7.92. The first-order chi connectivity index (χ1) is 8.34. The highest BCUT2D eigenvalue weighted by Gasteiger charge is 2.08. The van der Waals surface area contributed by atoms with E-state index in [0.29, 0.717) is 6.42 Å². The molecule has 3 rings (SSSR count). The van der Waals surface area contributed by atoms with Gasteiger partial charge in [-0.1, -0.05) is 30.4 Å². The van der Waals surface area contributed by atoms with E-state index >= 15 is 0 Å². The molecule has 3 heteroatoms. The van der Waals surface area contributed by atoms with E-state index in [4.69, 9.17) is 0 Å². The lowest BCUT2D eigenvalue weighted by atomic mass is 10.1. The normalized spacial score (nSPS) is 15.6. The topological polar surface area (TPSA) is 28.7 Å². The molecule has 0 saturated carbocycles. The van der Waals surface area contributed by atoms with Gasteiger partial charge in [0.05, 0.1) is 11.2 Å². The number of nitrogens with zero attached hydrogens (tertiary/aromatic N) is 1. The maximum Gasteiger partial charge on any atom is 0.119 e. The zero-order valence-electron chi connectivity index (χ0n) is 9.15. The van der Waals surface area contributed by atoms with E-state index in [1.165, 1.54) is 6.08 Å². The predicted molar refractivity (Wildman–Crippen MR) is 67.0 cm³/mol. The van der Waals surface area contributed by atoms with Gasteiger partial charge in [-0.25, -0.2) is 4.39 Å². The van der Waals surface area contributed by atoms with Gasteiger partial charge in [0.2, 0.25) is 0 Å². The molecule has 2 aromatic rings. The molecular weight excluding hydrogens is 215 g/mol. The van der Waals surface area contributed by atoms with Crippen molar-refractivity contribution >= 4 is 16.5 Å². The van der Waals surface area contributed by atoms with Gasteiger partial charge < -0.3 is 0 Å². The Balaban J connectivity index is 2.11. The van der Waals surface area contributed by atoms with Crippen molar-refractivity contribution < 1.29 is 4.39 Å². The fourth-order valence-corrected chi connectivity index (χ4v) is 1.96. The average Bonchev–Trinajstić information content (AvgIpc) is 2.66. The maximum absolute atomic E-state index is 13.1. The lowest BCUT2D eigenvalue weighted by molar-refractivity contribution is 0.663. The summed E-state index contributed by atoms with van der Waals surface area (Å²) in [6.07, 6.45) is 7.36. The number of nitrogens with one attached hydrogen (secondary N) is 1. The third kappa shape index (κ3) is 1.80. The van der Waals surface area contributed by atoms with E-state index in [2.05, 4.69) is 10.2 Å². The number of aromatic amines is 1. The number of hydrogen-bond acceptors (Lipinski definition) is 1. The molecule has 84 valence electrons. The second-order valence-corrected chi connectivity index (χ2v) is 3.94. The maximum atomic E-state index is 13.1. The number of rotatable bonds is 1. The highest BCUT2D eigenvalue weighted by atomic mass is 19.1. The third-order valence-electron chi connectivity index (χ3n) is 2.82. The molecule has 1 aromatic heterocycles. The second-order valence-electron chi connectivity index (χ2n) is 3.94. The Hall–Kier alpha value is -2.16. The molecule has 1 aromatic carbocycles. The van der Waals surface area contributed by atoms with Gasteiger partial charge in [0.1, 0.15) is 5.83 Å². The van der Waals surface area contributed by atoms with E-state index < -0.39 is 0 Å². The van der Waals surface area contributed by atoms with E-state index in [1.54, 1.807) is 12.2 Å². The molecule has 0 fully saturated rings. The Kier molecular flexibility index (Phi) is 2.37. The van der Waals surface area contributed by atoms with Crippen molar-refractivity contribution in [3.05, 3.63) is 60.1 Å². The summed E-state index contributed by atoms with van der Waals surface area (Å²) in [5.41, 5.74) is 2.82. The zero-order valence-corrected chi connectivity index (χ0v) is 9.15. The third-order valence-corrected chi connectivity index (χ3v) is 2.82. The molecule has 0 atom stereocenters. The van der Waals surface area contributed by atoms with Crippen LogP contribution in [0.3, 0.4) is 0 Å². The first-order valence-electron chi connectivity index (χ1n) is 5.52. The van der Waals surface area contributed by atoms with Crippen molar-refractivity contribution in [1.82, 2.24) is 10.2 Å². The van der Waals surface area contributed by atoms with Gasteiger partial charge in [-0.2, -0.15) is 5.10 Å². The van der Waals surface area contributed by atoms with Crippen LogP contribution in [0.25, 0.3) is 16.5 Å². The minimum atomic E-state index is -0.198. The SMILES string of the molecule is FC1=CCC=C(c2n[nH]c3ccccc23)C=C1. The Bertz CT molecular complexity index is 647. The molecule has 0 saturated heterocycles. The van der Waals surface area contributed by atoms with Crippen molar-refractivity contribution in [2.45, 2.75) is 6.42 Å². The van der Waals surface area contributed by atoms with Gasteiger partial charge in [0, 0.05) is 5.39 Å². The first-order valence-corrected chi connectivity index (χ1v) is 5.52. The van der Waals surface area contributed by atoms with Gasteiger partial charge in [-0.05, 0) is 30.2 Å². The van der Waals surface area contributed by atoms with Crippen molar-refractivity contribution in [1.29, 1.82) is 0 Å². The summed E-state index contributed by atoms with van der Waals surface area (Å²) in [5.74, 6) is -0.198. The number of fused-ring (bicyclic) bond motifs is 1. The molecule has 0 radical (unpaired) electrons. The van der Waals surface area contributed by atoms with Crippen LogP contribution in [0.4, 0.5) is 4.39 Å². The lowest BCUT2D eigenvalue weighted by Gasteiger charge is -1.97. The highest BCUT2D eigenvalue weighted by Crippen LogP contribution is 2.25. The summed E-state index contributed by atoms with van der Waals surface area (Å²) >= 11 is 0. The number of para-hydroxylation sites is 1. The summed E-state index contributed by atoms with van der Waals surface area (Å²) in [4.78, 5) is 0. The van der Waals surface area contributed by atoms with E-state index in [0.717, 1.165) is 22.2 Å². The molecule has 1 aliphatic carbocycles. The van der Waals surface area contributed by atoms with Gasteiger partial charge in [-0.15, -0.1) is 0 Å². The number of aromatic nitrogens is 2. The van der Waals surface area contributed by atoms with E-state index in [-0.39, 0.29) is 5.83 Å².